The Morgan fingerprint density at radius 3 is 2.36 bits per heavy atom. The summed E-state index contributed by atoms with van der Waals surface area (Å²) in [5, 5.41) is 1.08. The first-order chi connectivity index (χ1) is 6.33. The standard InChI is InChI=1S/C11H16OP.Li/c1-2-3-4-9-12-10-5-7-11(13)8-6-10;/h5-8,13H,2-4,9H2,1H3;/q-1;+1. The maximum absolute atomic E-state index is 5.54. The van der Waals surface area contributed by atoms with Crippen LogP contribution in [0.25, 0.3) is 0 Å². The van der Waals surface area contributed by atoms with Gasteiger partial charge in [0.2, 0.25) is 0 Å². The molecule has 0 aliphatic heterocycles. The Hall–Kier alpha value is 0.0474. The second kappa shape index (κ2) is 8.36. The van der Waals surface area contributed by atoms with Crippen LogP contribution in [0.3, 0.4) is 0 Å². The van der Waals surface area contributed by atoms with E-state index in [0.717, 1.165) is 24.1 Å². The summed E-state index contributed by atoms with van der Waals surface area (Å²) in [6.07, 6.45) is 3.63. The van der Waals surface area contributed by atoms with E-state index in [-0.39, 0.29) is 18.9 Å². The van der Waals surface area contributed by atoms with Gasteiger partial charge in [-0.25, -0.2) is 5.30 Å². The van der Waals surface area contributed by atoms with E-state index >= 15 is 0 Å². The third-order valence-corrected chi connectivity index (χ3v) is 2.20. The fourth-order valence-electron chi connectivity index (χ4n) is 1.09. The van der Waals surface area contributed by atoms with Gasteiger partial charge in [0.15, 0.2) is 0 Å². The van der Waals surface area contributed by atoms with Crippen LogP contribution in [0.15, 0.2) is 24.3 Å². The summed E-state index contributed by atoms with van der Waals surface area (Å²) in [5.74, 6) is 0.957. The number of ether oxygens (including phenoxy) is 1. The van der Waals surface area contributed by atoms with E-state index in [1.165, 1.54) is 12.8 Å². The molecule has 1 rings (SSSR count). The molecule has 0 fully saturated rings. The second-order valence-corrected chi connectivity index (χ2v) is 3.66. The van der Waals surface area contributed by atoms with Gasteiger partial charge >= 0.3 is 18.9 Å². The third kappa shape index (κ3) is 5.71. The molecule has 1 aromatic carbocycles. The molecule has 0 aromatic heterocycles. The maximum atomic E-state index is 5.54. The minimum atomic E-state index is 0. The summed E-state index contributed by atoms with van der Waals surface area (Å²) in [6, 6.07) is 7.95. The molecule has 0 unspecified atom stereocenters. The van der Waals surface area contributed by atoms with Crippen LogP contribution in [0.4, 0.5) is 0 Å². The summed E-state index contributed by atoms with van der Waals surface area (Å²) < 4.78 is 5.54. The van der Waals surface area contributed by atoms with Crippen LogP contribution in [0, 0.1) is 0 Å². The monoisotopic (exact) mass is 202 g/mol. The van der Waals surface area contributed by atoms with Gasteiger partial charge in [-0.1, -0.05) is 31.9 Å². The van der Waals surface area contributed by atoms with Gasteiger partial charge in [0.25, 0.3) is 0 Å². The molecule has 0 saturated carbocycles. The molecular formula is C11H16LiOP. The molecule has 1 aromatic rings. The second-order valence-electron chi connectivity index (χ2n) is 3.08. The van der Waals surface area contributed by atoms with Crippen molar-refractivity contribution in [2.24, 2.45) is 0 Å². The van der Waals surface area contributed by atoms with Crippen LogP contribution < -0.4 is 28.9 Å². The first kappa shape index (κ1) is 14.0. The van der Waals surface area contributed by atoms with E-state index in [9.17, 15) is 0 Å². The van der Waals surface area contributed by atoms with Crippen LogP contribution in [0.2, 0.25) is 0 Å². The zero-order valence-corrected chi connectivity index (χ0v) is 10.0. The van der Waals surface area contributed by atoms with Crippen molar-refractivity contribution in [3.8, 4) is 5.75 Å². The smallest absolute Gasteiger partial charge is 0.525 e. The molecule has 0 N–H and O–H groups in total. The summed E-state index contributed by atoms with van der Waals surface area (Å²) >= 11 is 0. The number of unbranched alkanes of at least 4 members (excludes halogenated alkanes) is 2. The Kier molecular flexibility index (Phi) is 8.39. The molecule has 1 nitrogen and oxygen atoms in total. The topological polar surface area (TPSA) is 9.23 Å². The van der Waals surface area contributed by atoms with Gasteiger partial charge in [0.1, 0.15) is 5.75 Å². The Balaban J connectivity index is 0.00000169. The Morgan fingerprint density at radius 2 is 1.79 bits per heavy atom. The molecule has 0 bridgehead atoms. The summed E-state index contributed by atoms with van der Waals surface area (Å²) in [7, 11) is 3.43. The van der Waals surface area contributed by atoms with Crippen LogP contribution in [-0.2, 0) is 0 Å². The summed E-state index contributed by atoms with van der Waals surface area (Å²) in [5.41, 5.74) is 0. The fourth-order valence-corrected chi connectivity index (χ4v) is 1.26. The number of benzene rings is 1. The molecule has 0 spiro atoms. The van der Waals surface area contributed by atoms with Crippen LogP contribution >= 0.6 is 9.24 Å². The predicted octanol–water partition coefficient (Wildman–Crippen LogP) is 0.0277. The fraction of sp³-hybridized carbons (Fsp3) is 0.455. The third-order valence-electron chi connectivity index (χ3n) is 1.87. The van der Waals surface area contributed by atoms with Crippen molar-refractivity contribution >= 4 is 14.5 Å². The molecule has 72 valence electrons. The first-order valence-corrected chi connectivity index (χ1v) is 5.27. The van der Waals surface area contributed by atoms with E-state index in [0.29, 0.717) is 0 Å². The molecule has 0 amide bonds. The predicted molar refractivity (Wildman–Crippen MR) is 59.4 cm³/mol. The van der Waals surface area contributed by atoms with Crippen molar-refractivity contribution in [1.82, 2.24) is 0 Å². The zero-order chi connectivity index (χ0) is 9.52. The molecule has 0 radical (unpaired) electrons. The van der Waals surface area contributed by atoms with Crippen molar-refractivity contribution in [3.05, 3.63) is 24.3 Å². The minimum absolute atomic E-state index is 0. The van der Waals surface area contributed by atoms with E-state index < -0.39 is 0 Å². The summed E-state index contributed by atoms with van der Waals surface area (Å²) in [6.45, 7) is 3.02. The number of hydrogen-bond donors (Lipinski definition) is 0. The molecule has 0 aliphatic carbocycles. The zero-order valence-electron chi connectivity index (χ0n) is 9.05. The Morgan fingerprint density at radius 1 is 1.14 bits per heavy atom. The molecule has 0 atom stereocenters. The maximum Gasteiger partial charge on any atom is 1.00 e. The van der Waals surface area contributed by atoms with E-state index in [2.05, 4.69) is 16.2 Å². The SMILES string of the molecule is CCCCCOc1ccc([PH-])cc1.[Li+]. The molecule has 14 heavy (non-hydrogen) atoms. The van der Waals surface area contributed by atoms with E-state index in [1.807, 2.05) is 24.3 Å². The van der Waals surface area contributed by atoms with Gasteiger partial charge in [-0.2, -0.15) is 0 Å². The quantitative estimate of drug-likeness (QED) is 0.372. The first-order valence-electron chi connectivity index (χ1n) is 4.77. The molecule has 0 saturated heterocycles. The average molecular weight is 202 g/mol. The number of hydrogen-bond acceptors (Lipinski definition) is 1. The van der Waals surface area contributed by atoms with Gasteiger partial charge in [-0.3, -0.25) is 0 Å². The van der Waals surface area contributed by atoms with Gasteiger partial charge in [0, 0.05) is 0 Å². The largest absolute Gasteiger partial charge is 1.00 e. The van der Waals surface area contributed by atoms with Gasteiger partial charge in [0.05, 0.1) is 6.61 Å². The number of rotatable bonds is 5. The van der Waals surface area contributed by atoms with Gasteiger partial charge in [-0.05, 0) is 18.6 Å². The van der Waals surface area contributed by atoms with Crippen molar-refractivity contribution in [2.45, 2.75) is 26.2 Å². The summed E-state index contributed by atoms with van der Waals surface area (Å²) in [4.78, 5) is 0. The Bertz CT molecular complexity index is 236. The molecular weight excluding hydrogens is 186 g/mol. The van der Waals surface area contributed by atoms with Crippen molar-refractivity contribution < 1.29 is 23.6 Å². The minimum Gasteiger partial charge on any atom is -0.525 e. The molecule has 0 aliphatic rings. The normalized spacial score (nSPS) is 9.29. The van der Waals surface area contributed by atoms with Crippen LogP contribution in [-0.4, -0.2) is 6.61 Å². The molecule has 3 heteroatoms. The Labute approximate surface area is 101 Å². The van der Waals surface area contributed by atoms with Gasteiger partial charge in [-0.15, -0.1) is 0 Å². The van der Waals surface area contributed by atoms with E-state index in [1.54, 1.807) is 0 Å². The molecule has 0 heterocycles. The van der Waals surface area contributed by atoms with Crippen LogP contribution in [0.1, 0.15) is 26.2 Å². The van der Waals surface area contributed by atoms with Crippen molar-refractivity contribution in [1.29, 1.82) is 0 Å². The average Bonchev–Trinajstić information content (AvgIpc) is 2.15. The van der Waals surface area contributed by atoms with Crippen LogP contribution in [0.5, 0.6) is 5.75 Å². The van der Waals surface area contributed by atoms with Gasteiger partial charge < -0.3 is 14.0 Å². The van der Waals surface area contributed by atoms with Crippen molar-refractivity contribution in [3.63, 3.8) is 0 Å². The van der Waals surface area contributed by atoms with Crippen molar-refractivity contribution in [2.75, 3.05) is 6.61 Å². The van der Waals surface area contributed by atoms with E-state index in [4.69, 9.17) is 4.74 Å².